The zero-order valence-electron chi connectivity index (χ0n) is 24.1. The number of halogens is 3. The molecule has 3 heterocycles. The minimum atomic E-state index is -4.49. The van der Waals surface area contributed by atoms with Crippen molar-refractivity contribution >= 4 is 62.0 Å². The molecule has 0 unspecified atom stereocenters. The number of nitrogen functional groups attached to an aromatic ring is 1. The number of rotatable bonds is 8. The van der Waals surface area contributed by atoms with Crippen LogP contribution >= 0.6 is 22.7 Å². The molecule has 46 heavy (non-hydrogen) atoms. The fraction of sp³-hybridized carbons (Fsp3) is 0.0571. The number of allylic oxidation sites excluding steroid dienone is 1. The summed E-state index contributed by atoms with van der Waals surface area (Å²) < 4.78 is 45.3. The van der Waals surface area contributed by atoms with Crippen LogP contribution in [-0.4, -0.2) is 23.8 Å². The summed E-state index contributed by atoms with van der Waals surface area (Å²) in [7, 11) is 1.54. The summed E-state index contributed by atoms with van der Waals surface area (Å²) in [6.07, 6.45) is -1.24. The number of hydrogen-bond acceptors (Lipinski definition) is 7. The average Bonchev–Trinajstić information content (AvgIpc) is 3.71. The minimum absolute atomic E-state index is 0.155. The van der Waals surface area contributed by atoms with E-state index in [-0.39, 0.29) is 16.3 Å². The maximum atomic E-state index is 13.5. The Bertz CT molecular complexity index is 2080. The number of fused-ring (bicyclic) bond motifs is 1. The van der Waals surface area contributed by atoms with E-state index in [4.69, 9.17) is 15.5 Å². The molecule has 6 nitrogen and oxygen atoms in total. The molecule has 0 saturated carbocycles. The molecule has 0 aliphatic heterocycles. The summed E-state index contributed by atoms with van der Waals surface area (Å²) in [5.74, 6) is -0.0558. The third-order valence-electron chi connectivity index (χ3n) is 7.16. The van der Waals surface area contributed by atoms with Gasteiger partial charge in [0, 0.05) is 27.1 Å². The van der Waals surface area contributed by atoms with Crippen LogP contribution in [0.25, 0.3) is 38.7 Å². The minimum Gasteiger partial charge on any atom is -0.497 e. The van der Waals surface area contributed by atoms with Crippen molar-refractivity contribution in [3.63, 3.8) is 0 Å². The first-order valence-electron chi connectivity index (χ1n) is 13.8. The Balaban J connectivity index is 1.34. The quantitative estimate of drug-likeness (QED) is 0.126. The lowest BCUT2D eigenvalue weighted by Crippen LogP contribution is -2.12. The normalized spacial score (nSPS) is 11.7. The molecule has 0 aliphatic carbocycles. The van der Waals surface area contributed by atoms with Crippen LogP contribution in [0.4, 0.5) is 24.5 Å². The molecule has 0 bridgehead atoms. The Labute approximate surface area is 269 Å². The van der Waals surface area contributed by atoms with Crippen molar-refractivity contribution in [2.24, 2.45) is 0 Å². The molecule has 3 aromatic heterocycles. The van der Waals surface area contributed by atoms with Crippen molar-refractivity contribution < 1.29 is 27.5 Å². The van der Waals surface area contributed by atoms with E-state index < -0.39 is 17.6 Å². The Morgan fingerprint density at radius 3 is 2.37 bits per heavy atom. The number of nitrogens with one attached hydrogen (secondary N) is 1. The first-order chi connectivity index (χ1) is 22.1. The van der Waals surface area contributed by atoms with Gasteiger partial charge in [-0.1, -0.05) is 30.3 Å². The topological polar surface area (TPSA) is 94.3 Å². The Hall–Kier alpha value is -5.26. The Kier molecular flexibility index (Phi) is 8.44. The predicted molar refractivity (Wildman–Crippen MR) is 179 cm³/mol. The van der Waals surface area contributed by atoms with Crippen LogP contribution in [0.2, 0.25) is 0 Å². The van der Waals surface area contributed by atoms with E-state index in [0.717, 1.165) is 28.3 Å². The number of alkyl halides is 3. The number of nitrogens with zero attached hydrogens (tertiary/aromatic N) is 1. The average molecular weight is 656 g/mol. The number of ether oxygens (including phenoxy) is 1. The fourth-order valence-electron chi connectivity index (χ4n) is 4.83. The predicted octanol–water partition coefficient (Wildman–Crippen LogP) is 9.45. The van der Waals surface area contributed by atoms with Crippen molar-refractivity contribution in [1.82, 2.24) is 4.98 Å². The molecule has 0 fully saturated rings. The van der Waals surface area contributed by atoms with Crippen LogP contribution in [0.5, 0.6) is 5.75 Å². The molecule has 1 amide bonds. The number of carbonyl (C=O) groups is 2. The summed E-state index contributed by atoms with van der Waals surface area (Å²) >= 11 is 2.60. The van der Waals surface area contributed by atoms with Crippen LogP contribution in [0, 0.1) is 0 Å². The van der Waals surface area contributed by atoms with Crippen molar-refractivity contribution in [3.05, 3.63) is 123 Å². The van der Waals surface area contributed by atoms with Gasteiger partial charge in [-0.25, -0.2) is 4.98 Å². The number of pyridine rings is 1. The van der Waals surface area contributed by atoms with E-state index in [2.05, 4.69) is 5.32 Å². The van der Waals surface area contributed by atoms with E-state index in [1.54, 1.807) is 61.7 Å². The highest BCUT2D eigenvalue weighted by Gasteiger charge is 2.30. The highest BCUT2D eigenvalue weighted by atomic mass is 32.1. The Morgan fingerprint density at radius 2 is 1.70 bits per heavy atom. The van der Waals surface area contributed by atoms with E-state index in [9.17, 15) is 22.8 Å². The fourth-order valence-corrected chi connectivity index (χ4v) is 6.47. The van der Waals surface area contributed by atoms with Crippen LogP contribution < -0.4 is 15.8 Å². The number of hydrogen-bond donors (Lipinski definition) is 2. The molecule has 6 aromatic rings. The van der Waals surface area contributed by atoms with Gasteiger partial charge in [0.1, 0.15) is 15.5 Å². The second-order valence-electron chi connectivity index (χ2n) is 10.1. The van der Waals surface area contributed by atoms with E-state index in [0.29, 0.717) is 49.6 Å². The van der Waals surface area contributed by atoms with Gasteiger partial charge in [0.05, 0.1) is 24.1 Å². The van der Waals surface area contributed by atoms with Gasteiger partial charge >= 0.3 is 6.18 Å². The van der Waals surface area contributed by atoms with E-state index in [1.807, 2.05) is 23.6 Å². The third kappa shape index (κ3) is 6.42. The molecule has 230 valence electrons. The number of aromatic nitrogens is 1. The second-order valence-corrected chi connectivity index (χ2v) is 12.1. The molecular formula is C35H24F3N3O3S2. The molecule has 0 saturated heterocycles. The largest absolute Gasteiger partial charge is 0.497 e. The zero-order valence-corrected chi connectivity index (χ0v) is 25.7. The molecular weight excluding hydrogens is 632 g/mol. The van der Waals surface area contributed by atoms with Gasteiger partial charge in [-0.05, 0) is 89.3 Å². The number of ketones is 1. The number of nitrogens with two attached hydrogens (primary N) is 1. The van der Waals surface area contributed by atoms with Crippen LogP contribution in [-0.2, 0) is 6.18 Å². The number of methoxy groups -OCH3 is 1. The van der Waals surface area contributed by atoms with Crippen LogP contribution in [0.3, 0.4) is 0 Å². The number of amides is 1. The lowest BCUT2D eigenvalue weighted by Gasteiger charge is -2.11. The lowest BCUT2D eigenvalue weighted by molar-refractivity contribution is -0.137. The maximum Gasteiger partial charge on any atom is 0.416 e. The summed E-state index contributed by atoms with van der Waals surface area (Å²) in [6.45, 7) is 0. The summed E-state index contributed by atoms with van der Waals surface area (Å²) in [6, 6.07) is 24.0. The monoisotopic (exact) mass is 655 g/mol. The number of carbonyl (C=O) groups excluding carboxylic acids is 2. The third-order valence-corrected chi connectivity index (χ3v) is 9.10. The second kappa shape index (κ2) is 12.6. The van der Waals surface area contributed by atoms with Gasteiger partial charge in [0.25, 0.3) is 5.91 Å². The number of benzene rings is 3. The first-order valence-corrected chi connectivity index (χ1v) is 15.5. The van der Waals surface area contributed by atoms with Gasteiger partial charge in [-0.2, -0.15) is 13.2 Å². The molecule has 0 radical (unpaired) electrons. The van der Waals surface area contributed by atoms with Gasteiger partial charge < -0.3 is 15.8 Å². The highest BCUT2D eigenvalue weighted by molar-refractivity contribution is 7.21. The molecule has 0 aliphatic rings. The van der Waals surface area contributed by atoms with Gasteiger partial charge in [-0.15, -0.1) is 22.7 Å². The standard InChI is InChI=1S/C35H24F3N3O3S2/c1-44-25-5-2-4-22(18-25)28-19-27(20-7-11-23(12-8-20)35(36,37)38)30-31(39)32(46-34(30)41-28)33(43)40-24-13-9-21(10-14-24)29(42)16-15-26-6-3-17-45-26/h2-19H,39H2,1H3,(H,40,43). The van der Waals surface area contributed by atoms with Gasteiger partial charge in [0.2, 0.25) is 0 Å². The molecule has 0 spiro atoms. The lowest BCUT2D eigenvalue weighted by atomic mass is 9.98. The van der Waals surface area contributed by atoms with E-state index in [1.165, 1.54) is 29.5 Å². The molecule has 0 atom stereocenters. The molecule has 11 heteroatoms. The van der Waals surface area contributed by atoms with E-state index >= 15 is 0 Å². The van der Waals surface area contributed by atoms with Crippen LogP contribution in [0.1, 0.15) is 30.5 Å². The summed E-state index contributed by atoms with van der Waals surface area (Å²) in [4.78, 5) is 32.4. The van der Waals surface area contributed by atoms with Crippen molar-refractivity contribution in [2.75, 3.05) is 18.2 Å². The first kappa shape index (κ1) is 30.8. The SMILES string of the molecule is COc1cccc(-c2cc(-c3ccc(C(F)(F)F)cc3)c3c(N)c(C(=O)Nc4ccc(C(=O)C=Cc5cccs5)cc4)sc3n2)c1. The summed E-state index contributed by atoms with van der Waals surface area (Å²) in [5.41, 5.74) is 9.11. The Morgan fingerprint density at radius 1 is 0.935 bits per heavy atom. The van der Waals surface area contributed by atoms with Crippen LogP contribution in [0.15, 0.2) is 102 Å². The van der Waals surface area contributed by atoms with Crippen molar-refractivity contribution in [3.8, 4) is 28.1 Å². The highest BCUT2D eigenvalue weighted by Crippen LogP contribution is 2.42. The summed E-state index contributed by atoms with van der Waals surface area (Å²) in [5, 5.41) is 5.20. The van der Waals surface area contributed by atoms with Crippen molar-refractivity contribution in [1.29, 1.82) is 0 Å². The zero-order chi connectivity index (χ0) is 32.4. The maximum absolute atomic E-state index is 13.5. The number of anilines is 2. The van der Waals surface area contributed by atoms with Gasteiger partial charge in [0.15, 0.2) is 5.78 Å². The molecule has 3 N–H and O–H groups in total. The molecule has 6 rings (SSSR count). The smallest absolute Gasteiger partial charge is 0.416 e. The van der Waals surface area contributed by atoms with Crippen molar-refractivity contribution in [2.45, 2.75) is 6.18 Å². The van der Waals surface area contributed by atoms with Gasteiger partial charge in [-0.3, -0.25) is 9.59 Å². The number of thiophene rings is 2. The molecule has 3 aromatic carbocycles.